The molecule has 8 nitrogen and oxygen atoms in total. The van der Waals surface area contributed by atoms with Crippen LogP contribution in [-0.4, -0.2) is 32.1 Å². The first-order chi connectivity index (χ1) is 17.4. The lowest BCUT2D eigenvalue weighted by atomic mass is 10.1. The van der Waals surface area contributed by atoms with Crippen molar-refractivity contribution < 1.29 is 23.8 Å². The molecule has 0 saturated carbocycles. The largest absolute Gasteiger partial charge is 0.495 e. The zero-order valence-corrected chi connectivity index (χ0v) is 20.5. The number of carbonyl (C=O) groups is 2. The van der Waals surface area contributed by atoms with Gasteiger partial charge in [0.2, 0.25) is 0 Å². The average molecular weight is 506 g/mol. The number of anilines is 2. The number of rotatable bonds is 10. The number of nitrogens with zero attached hydrogens (tertiary/aromatic N) is 1. The molecular weight excluding hydrogens is 482 g/mol. The van der Waals surface area contributed by atoms with Gasteiger partial charge >= 0.3 is 0 Å². The molecule has 3 aromatic rings. The topological polar surface area (TPSA) is 110 Å². The second-order valence-electron chi connectivity index (χ2n) is 7.31. The molecule has 36 heavy (non-hydrogen) atoms. The van der Waals surface area contributed by atoms with Crippen LogP contribution in [0.4, 0.5) is 11.4 Å². The summed E-state index contributed by atoms with van der Waals surface area (Å²) in [5.41, 5.74) is 1.43. The molecule has 0 radical (unpaired) electrons. The van der Waals surface area contributed by atoms with Gasteiger partial charge in [-0.05, 0) is 61.0 Å². The summed E-state index contributed by atoms with van der Waals surface area (Å²) in [5.74, 6) is 0.279. The summed E-state index contributed by atoms with van der Waals surface area (Å²) in [6.45, 7) is 1.88. The second-order valence-corrected chi connectivity index (χ2v) is 7.75. The minimum atomic E-state index is -0.578. The number of nitrogens with one attached hydrogen (secondary N) is 2. The summed E-state index contributed by atoms with van der Waals surface area (Å²) in [6.07, 6.45) is 1.43. The van der Waals surface area contributed by atoms with E-state index in [9.17, 15) is 14.9 Å². The number of benzene rings is 3. The van der Waals surface area contributed by atoms with Crippen LogP contribution in [0.5, 0.6) is 17.2 Å². The molecule has 0 spiro atoms. The van der Waals surface area contributed by atoms with E-state index in [1.165, 1.54) is 13.2 Å². The van der Waals surface area contributed by atoms with Crippen molar-refractivity contribution in [1.82, 2.24) is 0 Å². The van der Waals surface area contributed by atoms with E-state index in [0.717, 1.165) is 0 Å². The van der Waals surface area contributed by atoms with E-state index >= 15 is 0 Å². The van der Waals surface area contributed by atoms with E-state index in [2.05, 4.69) is 10.6 Å². The van der Waals surface area contributed by atoms with Gasteiger partial charge in [-0.1, -0.05) is 35.9 Å². The van der Waals surface area contributed by atoms with Gasteiger partial charge in [0.05, 0.1) is 19.4 Å². The summed E-state index contributed by atoms with van der Waals surface area (Å²) >= 11 is 5.95. The van der Waals surface area contributed by atoms with Gasteiger partial charge in [0.15, 0.2) is 18.1 Å². The van der Waals surface area contributed by atoms with Crippen molar-refractivity contribution in [2.75, 3.05) is 31.0 Å². The zero-order chi connectivity index (χ0) is 25.9. The molecule has 3 aromatic carbocycles. The van der Waals surface area contributed by atoms with Gasteiger partial charge in [0.25, 0.3) is 11.8 Å². The number of ether oxygens (including phenoxy) is 3. The Morgan fingerprint density at radius 3 is 2.50 bits per heavy atom. The molecule has 2 amide bonds. The first kappa shape index (κ1) is 26.1. The zero-order valence-electron chi connectivity index (χ0n) is 19.7. The molecule has 184 valence electrons. The first-order valence-electron chi connectivity index (χ1n) is 10.9. The molecule has 0 atom stereocenters. The van der Waals surface area contributed by atoms with Gasteiger partial charge in [-0.25, -0.2) is 0 Å². The van der Waals surface area contributed by atoms with E-state index in [0.29, 0.717) is 45.8 Å². The Labute approximate surface area is 214 Å². The highest BCUT2D eigenvalue weighted by Crippen LogP contribution is 2.30. The molecule has 0 fully saturated rings. The third kappa shape index (κ3) is 7.26. The maximum Gasteiger partial charge on any atom is 0.266 e. The number of methoxy groups -OCH3 is 1. The number of hydrogen-bond donors (Lipinski definition) is 2. The number of amides is 2. The van der Waals surface area contributed by atoms with Crippen LogP contribution in [0.15, 0.2) is 72.3 Å². The van der Waals surface area contributed by atoms with Crippen molar-refractivity contribution in [3.63, 3.8) is 0 Å². The molecule has 2 N–H and O–H groups in total. The Hall–Kier alpha value is -4.48. The van der Waals surface area contributed by atoms with Gasteiger partial charge in [0, 0.05) is 10.7 Å². The summed E-state index contributed by atoms with van der Waals surface area (Å²) in [4.78, 5) is 24.9. The van der Waals surface area contributed by atoms with Crippen molar-refractivity contribution in [3.05, 3.63) is 82.9 Å². The molecule has 0 heterocycles. The van der Waals surface area contributed by atoms with E-state index < -0.39 is 5.91 Å². The molecule has 9 heteroatoms. The lowest BCUT2D eigenvalue weighted by Gasteiger charge is -2.14. The first-order valence-corrected chi connectivity index (χ1v) is 11.3. The minimum Gasteiger partial charge on any atom is -0.495 e. The highest BCUT2D eigenvalue weighted by Gasteiger charge is 2.13. The fourth-order valence-electron chi connectivity index (χ4n) is 3.16. The standard InChI is InChI=1S/C27H24ClN3O5/c1-3-35-25-14-18(13-19(16-29)27(33)30-21-8-6-7-20(28)15-21)11-12-24(25)36-17-26(32)31-22-9-4-5-10-23(22)34-2/h4-15H,3,17H2,1-2H3,(H,30,33)(H,31,32)/b19-13-. The van der Waals surface area contributed by atoms with Crippen LogP contribution in [0.3, 0.4) is 0 Å². The molecular formula is C27H24ClN3O5. The summed E-state index contributed by atoms with van der Waals surface area (Å²) < 4.78 is 16.5. The van der Waals surface area contributed by atoms with Gasteiger partial charge in [-0.2, -0.15) is 5.26 Å². The molecule has 0 bridgehead atoms. The summed E-state index contributed by atoms with van der Waals surface area (Å²) in [6, 6.07) is 20.5. The number of nitriles is 1. The Morgan fingerprint density at radius 1 is 0.972 bits per heavy atom. The van der Waals surface area contributed by atoms with Crippen molar-refractivity contribution >= 4 is 40.9 Å². The van der Waals surface area contributed by atoms with Crippen LogP contribution in [-0.2, 0) is 9.59 Å². The van der Waals surface area contributed by atoms with Crippen LogP contribution in [0.2, 0.25) is 5.02 Å². The molecule has 3 rings (SSSR count). The van der Waals surface area contributed by atoms with Gasteiger partial charge in [-0.15, -0.1) is 0 Å². The minimum absolute atomic E-state index is 0.109. The van der Waals surface area contributed by atoms with Crippen LogP contribution in [0.25, 0.3) is 6.08 Å². The number of carbonyl (C=O) groups excluding carboxylic acids is 2. The number of halogens is 1. The van der Waals surface area contributed by atoms with Gasteiger partial charge in [0.1, 0.15) is 17.4 Å². The molecule has 0 aliphatic heterocycles. The van der Waals surface area contributed by atoms with E-state index in [1.54, 1.807) is 73.7 Å². The predicted octanol–water partition coefficient (Wildman–Crippen LogP) is 5.31. The van der Waals surface area contributed by atoms with Crippen LogP contribution < -0.4 is 24.8 Å². The summed E-state index contributed by atoms with van der Waals surface area (Å²) in [5, 5.41) is 15.3. The molecule has 0 saturated heterocycles. The fourth-order valence-corrected chi connectivity index (χ4v) is 3.35. The van der Waals surface area contributed by atoms with E-state index in [4.69, 9.17) is 25.8 Å². The van der Waals surface area contributed by atoms with Crippen LogP contribution >= 0.6 is 11.6 Å². The smallest absolute Gasteiger partial charge is 0.266 e. The molecule has 0 unspecified atom stereocenters. The Bertz CT molecular complexity index is 1320. The third-order valence-electron chi connectivity index (χ3n) is 4.77. The van der Waals surface area contributed by atoms with Crippen molar-refractivity contribution in [2.45, 2.75) is 6.92 Å². The van der Waals surface area contributed by atoms with Crippen molar-refractivity contribution in [2.24, 2.45) is 0 Å². The van der Waals surface area contributed by atoms with E-state index in [-0.39, 0.29) is 18.1 Å². The Balaban J connectivity index is 1.71. The third-order valence-corrected chi connectivity index (χ3v) is 5.00. The normalized spacial score (nSPS) is 10.7. The highest BCUT2D eigenvalue weighted by molar-refractivity contribution is 6.31. The summed E-state index contributed by atoms with van der Waals surface area (Å²) in [7, 11) is 1.52. The van der Waals surface area contributed by atoms with Crippen molar-refractivity contribution in [1.29, 1.82) is 5.26 Å². The number of para-hydroxylation sites is 2. The van der Waals surface area contributed by atoms with Gasteiger partial charge < -0.3 is 24.8 Å². The lowest BCUT2D eigenvalue weighted by molar-refractivity contribution is -0.118. The SMILES string of the molecule is CCOc1cc(/C=C(/C#N)C(=O)Nc2cccc(Cl)c2)ccc1OCC(=O)Nc1ccccc1OC. The number of hydrogen-bond acceptors (Lipinski definition) is 6. The molecule has 0 aliphatic carbocycles. The van der Waals surface area contributed by atoms with E-state index in [1.807, 2.05) is 6.07 Å². The van der Waals surface area contributed by atoms with Gasteiger partial charge in [-0.3, -0.25) is 9.59 Å². The maximum atomic E-state index is 12.6. The van der Waals surface area contributed by atoms with Crippen molar-refractivity contribution in [3.8, 4) is 23.3 Å². The maximum absolute atomic E-state index is 12.6. The van der Waals surface area contributed by atoms with Crippen LogP contribution in [0.1, 0.15) is 12.5 Å². The van der Waals surface area contributed by atoms with Crippen LogP contribution in [0, 0.1) is 11.3 Å². The highest BCUT2D eigenvalue weighted by atomic mass is 35.5. The fraction of sp³-hybridized carbons (Fsp3) is 0.148. The second kappa shape index (κ2) is 12.8. The predicted molar refractivity (Wildman–Crippen MR) is 138 cm³/mol. The monoisotopic (exact) mass is 505 g/mol. The average Bonchev–Trinajstić information content (AvgIpc) is 2.87. The quantitative estimate of drug-likeness (QED) is 0.285. The Kier molecular flexibility index (Phi) is 9.32. The Morgan fingerprint density at radius 2 is 1.78 bits per heavy atom. The molecule has 0 aromatic heterocycles. The molecule has 0 aliphatic rings. The lowest BCUT2D eigenvalue weighted by Crippen LogP contribution is -2.20.